The maximum absolute atomic E-state index is 13.4. The molecule has 4 heteroatoms. The maximum Gasteiger partial charge on any atom is 0.170 e. The second kappa shape index (κ2) is 5.26. The Labute approximate surface area is 108 Å². The lowest BCUT2D eigenvalue weighted by Gasteiger charge is -2.06. The van der Waals surface area contributed by atoms with Gasteiger partial charge < -0.3 is 0 Å². The second-order valence-electron chi connectivity index (χ2n) is 4.29. The van der Waals surface area contributed by atoms with Crippen molar-refractivity contribution >= 4 is 5.78 Å². The van der Waals surface area contributed by atoms with Gasteiger partial charge in [0.1, 0.15) is 17.5 Å². The van der Waals surface area contributed by atoms with Crippen molar-refractivity contribution in [3.8, 4) is 0 Å². The van der Waals surface area contributed by atoms with E-state index in [2.05, 4.69) is 0 Å². The Balaban J connectivity index is 2.25. The van der Waals surface area contributed by atoms with Crippen molar-refractivity contribution < 1.29 is 18.0 Å². The van der Waals surface area contributed by atoms with Crippen LogP contribution in [0.3, 0.4) is 0 Å². The molecule has 1 nitrogen and oxygen atoms in total. The van der Waals surface area contributed by atoms with E-state index in [1.54, 1.807) is 6.92 Å². The van der Waals surface area contributed by atoms with Crippen molar-refractivity contribution in [2.24, 2.45) is 0 Å². The summed E-state index contributed by atoms with van der Waals surface area (Å²) in [7, 11) is 0. The summed E-state index contributed by atoms with van der Waals surface area (Å²) in [6, 6.07) is 6.87. The van der Waals surface area contributed by atoms with Crippen LogP contribution in [0.5, 0.6) is 0 Å². The first kappa shape index (κ1) is 13.3. The highest BCUT2D eigenvalue weighted by atomic mass is 19.1. The Morgan fingerprint density at radius 1 is 1.00 bits per heavy atom. The second-order valence-corrected chi connectivity index (χ2v) is 4.29. The molecule has 98 valence electrons. The minimum absolute atomic E-state index is 0.0470. The molecule has 19 heavy (non-hydrogen) atoms. The van der Waals surface area contributed by atoms with Crippen molar-refractivity contribution in [3.05, 3.63) is 70.5 Å². The molecule has 0 fully saturated rings. The van der Waals surface area contributed by atoms with Crippen LogP contribution in [0.25, 0.3) is 0 Å². The lowest BCUT2D eigenvalue weighted by molar-refractivity contribution is 0.0989. The first-order valence-corrected chi connectivity index (χ1v) is 5.70. The largest absolute Gasteiger partial charge is 0.294 e. The Bertz CT molecular complexity index is 635. The highest BCUT2D eigenvalue weighted by Gasteiger charge is 2.14. The minimum Gasteiger partial charge on any atom is -0.294 e. The molecule has 0 aromatic heterocycles. The molecule has 0 saturated heterocycles. The van der Waals surface area contributed by atoms with Crippen LogP contribution >= 0.6 is 0 Å². The predicted molar refractivity (Wildman–Crippen MR) is 65.5 cm³/mol. The van der Waals surface area contributed by atoms with Crippen molar-refractivity contribution in [3.63, 3.8) is 0 Å². The van der Waals surface area contributed by atoms with Gasteiger partial charge in [-0.05, 0) is 42.3 Å². The fourth-order valence-electron chi connectivity index (χ4n) is 1.84. The normalized spacial score (nSPS) is 10.5. The van der Waals surface area contributed by atoms with Gasteiger partial charge in [0.05, 0.1) is 5.56 Å². The molecule has 2 rings (SSSR count). The summed E-state index contributed by atoms with van der Waals surface area (Å²) in [6.45, 7) is 1.67. The summed E-state index contributed by atoms with van der Waals surface area (Å²) >= 11 is 0. The number of hydrogen-bond donors (Lipinski definition) is 0. The average Bonchev–Trinajstić information content (AvgIpc) is 2.32. The molecule has 0 radical (unpaired) electrons. The third kappa shape index (κ3) is 3.02. The Morgan fingerprint density at radius 2 is 1.63 bits per heavy atom. The van der Waals surface area contributed by atoms with Gasteiger partial charge >= 0.3 is 0 Å². The summed E-state index contributed by atoms with van der Waals surface area (Å²) in [5.41, 5.74) is 1.08. The van der Waals surface area contributed by atoms with Crippen LogP contribution in [0.2, 0.25) is 0 Å². The number of carbonyl (C=O) groups is 1. The molecule has 0 saturated carbocycles. The molecule has 0 aliphatic carbocycles. The van der Waals surface area contributed by atoms with Gasteiger partial charge in [-0.2, -0.15) is 0 Å². The van der Waals surface area contributed by atoms with E-state index in [0.29, 0.717) is 17.2 Å². The number of hydrogen-bond acceptors (Lipinski definition) is 1. The van der Waals surface area contributed by atoms with Crippen molar-refractivity contribution in [2.45, 2.75) is 13.3 Å². The Hall–Kier alpha value is -2.10. The van der Waals surface area contributed by atoms with Gasteiger partial charge in [0.2, 0.25) is 0 Å². The highest BCUT2D eigenvalue weighted by molar-refractivity contribution is 5.97. The standard InChI is InChI=1S/C15H11F3O/c1-9-6-11(16)3-2-10(9)7-15(19)13-5-4-12(17)8-14(13)18/h2-6,8H,7H2,1H3. The first-order valence-electron chi connectivity index (χ1n) is 5.70. The highest BCUT2D eigenvalue weighted by Crippen LogP contribution is 2.16. The van der Waals surface area contributed by atoms with Gasteiger partial charge in [0.25, 0.3) is 0 Å². The number of carbonyl (C=O) groups excluding carboxylic acids is 1. The zero-order valence-corrected chi connectivity index (χ0v) is 10.2. The topological polar surface area (TPSA) is 17.1 Å². The smallest absolute Gasteiger partial charge is 0.170 e. The number of aryl methyl sites for hydroxylation is 1. The number of rotatable bonds is 3. The number of benzene rings is 2. The first-order chi connectivity index (χ1) is 8.97. The summed E-state index contributed by atoms with van der Waals surface area (Å²) in [6.07, 6.45) is -0.0470. The zero-order chi connectivity index (χ0) is 14.0. The molecule has 0 heterocycles. The molecular formula is C15H11F3O. The molecule has 0 bridgehead atoms. The van der Waals surface area contributed by atoms with E-state index in [0.717, 1.165) is 12.1 Å². The molecule has 0 aliphatic rings. The van der Waals surface area contributed by atoms with Gasteiger partial charge in [-0.25, -0.2) is 13.2 Å². The third-order valence-corrected chi connectivity index (χ3v) is 2.89. The van der Waals surface area contributed by atoms with Crippen LogP contribution in [0, 0.1) is 24.4 Å². The lowest BCUT2D eigenvalue weighted by atomic mass is 9.99. The molecule has 0 unspecified atom stereocenters. The Morgan fingerprint density at radius 3 is 2.26 bits per heavy atom. The third-order valence-electron chi connectivity index (χ3n) is 2.89. The summed E-state index contributed by atoms with van der Waals surface area (Å²) < 4.78 is 39.1. The quantitative estimate of drug-likeness (QED) is 0.770. The van der Waals surface area contributed by atoms with E-state index < -0.39 is 17.4 Å². The van der Waals surface area contributed by atoms with E-state index in [1.165, 1.54) is 18.2 Å². The van der Waals surface area contributed by atoms with Gasteiger partial charge in [-0.1, -0.05) is 6.07 Å². The van der Waals surface area contributed by atoms with Crippen LogP contribution in [0.15, 0.2) is 36.4 Å². The molecule has 0 amide bonds. The van der Waals surface area contributed by atoms with Gasteiger partial charge in [-0.15, -0.1) is 0 Å². The van der Waals surface area contributed by atoms with Crippen LogP contribution in [0.4, 0.5) is 13.2 Å². The molecule has 0 spiro atoms. The van der Waals surface area contributed by atoms with Crippen LogP contribution < -0.4 is 0 Å². The Kier molecular flexibility index (Phi) is 3.69. The summed E-state index contributed by atoms with van der Waals surface area (Å²) in [5, 5.41) is 0. The molecular weight excluding hydrogens is 253 g/mol. The average molecular weight is 264 g/mol. The van der Waals surface area contributed by atoms with E-state index >= 15 is 0 Å². The van der Waals surface area contributed by atoms with Crippen LogP contribution in [-0.2, 0) is 6.42 Å². The maximum atomic E-state index is 13.4. The number of ketones is 1. The van der Waals surface area contributed by atoms with Crippen molar-refractivity contribution in [1.82, 2.24) is 0 Å². The van der Waals surface area contributed by atoms with Crippen molar-refractivity contribution in [1.29, 1.82) is 0 Å². The SMILES string of the molecule is Cc1cc(F)ccc1CC(=O)c1ccc(F)cc1F. The molecule has 0 atom stereocenters. The number of halogens is 3. The zero-order valence-electron chi connectivity index (χ0n) is 10.2. The number of Topliss-reactive ketones (excluding diaryl/α,β-unsaturated/α-hetero) is 1. The summed E-state index contributed by atoms with van der Waals surface area (Å²) in [4.78, 5) is 11.9. The summed E-state index contributed by atoms with van der Waals surface area (Å²) in [5.74, 6) is -2.47. The molecule has 0 N–H and O–H groups in total. The van der Waals surface area contributed by atoms with E-state index in [1.807, 2.05) is 0 Å². The predicted octanol–water partition coefficient (Wildman–Crippen LogP) is 3.84. The minimum atomic E-state index is -0.884. The van der Waals surface area contributed by atoms with E-state index in [9.17, 15) is 18.0 Å². The molecule has 2 aromatic rings. The van der Waals surface area contributed by atoms with Crippen LogP contribution in [0.1, 0.15) is 21.5 Å². The molecule has 2 aromatic carbocycles. The molecule has 0 aliphatic heterocycles. The van der Waals surface area contributed by atoms with Gasteiger partial charge in [0, 0.05) is 12.5 Å². The van der Waals surface area contributed by atoms with Crippen LogP contribution in [-0.4, -0.2) is 5.78 Å². The fraction of sp³-hybridized carbons (Fsp3) is 0.133. The van der Waals surface area contributed by atoms with Gasteiger partial charge in [0.15, 0.2) is 5.78 Å². The monoisotopic (exact) mass is 264 g/mol. The van der Waals surface area contributed by atoms with E-state index in [4.69, 9.17) is 0 Å². The van der Waals surface area contributed by atoms with Gasteiger partial charge in [-0.3, -0.25) is 4.79 Å². The lowest BCUT2D eigenvalue weighted by Crippen LogP contribution is -2.07. The van der Waals surface area contributed by atoms with Crippen molar-refractivity contribution in [2.75, 3.05) is 0 Å². The fourth-order valence-corrected chi connectivity index (χ4v) is 1.84. The van der Waals surface area contributed by atoms with E-state index in [-0.39, 0.29) is 17.8 Å².